The number of aryl methyl sites for hydroxylation is 2. The third kappa shape index (κ3) is 2.65. The van der Waals surface area contributed by atoms with Crippen LogP contribution < -0.4 is 5.32 Å². The van der Waals surface area contributed by atoms with Crippen LogP contribution >= 0.6 is 0 Å². The quantitative estimate of drug-likeness (QED) is 0.800. The first kappa shape index (κ1) is 14.1. The van der Waals surface area contributed by atoms with Crippen LogP contribution in [0.2, 0.25) is 0 Å². The molecular weight excluding hydrogens is 285 g/mol. The van der Waals surface area contributed by atoms with Gasteiger partial charge in [-0.1, -0.05) is 6.07 Å². The van der Waals surface area contributed by atoms with E-state index >= 15 is 0 Å². The molecule has 0 bridgehead atoms. The van der Waals surface area contributed by atoms with Gasteiger partial charge >= 0.3 is 0 Å². The second-order valence-corrected chi connectivity index (χ2v) is 5.02. The molecule has 0 aliphatic carbocycles. The summed E-state index contributed by atoms with van der Waals surface area (Å²) in [6, 6.07) is 3.48. The lowest BCUT2D eigenvalue weighted by molar-refractivity contribution is 0.0941. The van der Waals surface area contributed by atoms with E-state index in [4.69, 9.17) is 0 Å². The Morgan fingerprint density at radius 3 is 2.82 bits per heavy atom. The number of amides is 1. The van der Waals surface area contributed by atoms with E-state index in [1.165, 1.54) is 4.40 Å². The van der Waals surface area contributed by atoms with Crippen molar-refractivity contribution in [3.63, 3.8) is 0 Å². The number of halogens is 1. The molecule has 0 unspecified atom stereocenters. The van der Waals surface area contributed by atoms with Gasteiger partial charge < -0.3 is 5.32 Å². The Labute approximate surface area is 126 Å². The first-order valence-corrected chi connectivity index (χ1v) is 6.74. The molecular formula is C15H14FN5O. The summed E-state index contributed by atoms with van der Waals surface area (Å²) in [7, 11) is 0. The molecule has 3 aromatic rings. The Hall–Kier alpha value is -2.83. The van der Waals surface area contributed by atoms with E-state index in [1.54, 1.807) is 24.7 Å². The molecule has 6 nitrogen and oxygen atoms in total. The van der Waals surface area contributed by atoms with Crippen LogP contribution in [0.4, 0.5) is 4.39 Å². The number of aromatic nitrogens is 4. The highest BCUT2D eigenvalue weighted by atomic mass is 19.1. The Morgan fingerprint density at radius 1 is 1.27 bits per heavy atom. The van der Waals surface area contributed by atoms with E-state index in [1.807, 2.05) is 19.9 Å². The van der Waals surface area contributed by atoms with Crippen molar-refractivity contribution in [1.82, 2.24) is 24.7 Å². The molecule has 0 fully saturated rings. The van der Waals surface area contributed by atoms with Crippen molar-refractivity contribution < 1.29 is 9.18 Å². The molecule has 0 aliphatic heterocycles. The number of carbonyl (C=O) groups is 1. The highest BCUT2D eigenvalue weighted by molar-refractivity contribution is 5.93. The molecule has 3 aromatic heterocycles. The fraction of sp³-hybridized carbons (Fsp3) is 0.200. The predicted molar refractivity (Wildman–Crippen MR) is 77.8 cm³/mol. The molecule has 0 radical (unpaired) electrons. The Kier molecular flexibility index (Phi) is 3.54. The zero-order chi connectivity index (χ0) is 15.7. The summed E-state index contributed by atoms with van der Waals surface area (Å²) in [5, 5.41) is 2.59. The van der Waals surface area contributed by atoms with Gasteiger partial charge in [-0.25, -0.2) is 4.98 Å². The third-order valence-electron chi connectivity index (χ3n) is 3.19. The zero-order valence-electron chi connectivity index (χ0n) is 12.2. The first-order valence-electron chi connectivity index (χ1n) is 6.74. The fourth-order valence-corrected chi connectivity index (χ4v) is 2.03. The first-order chi connectivity index (χ1) is 10.5. The van der Waals surface area contributed by atoms with Crippen molar-refractivity contribution in [1.29, 1.82) is 0 Å². The summed E-state index contributed by atoms with van der Waals surface area (Å²) in [5.41, 5.74) is 2.43. The lowest BCUT2D eigenvalue weighted by Crippen LogP contribution is -2.24. The minimum atomic E-state index is -0.675. The summed E-state index contributed by atoms with van der Waals surface area (Å²) in [6.07, 6.45) is 4.77. The maximum Gasteiger partial charge on any atom is 0.275 e. The Balaban J connectivity index is 1.80. The average Bonchev–Trinajstić information content (AvgIpc) is 2.83. The third-order valence-corrected chi connectivity index (χ3v) is 3.19. The van der Waals surface area contributed by atoms with Crippen molar-refractivity contribution in [2.75, 3.05) is 0 Å². The standard InChI is InChI=1S/C15H14FN5O/c1-9-3-4-12-20-13(14(16)21(12)8-9)15(22)19-7-11-6-17-10(2)5-18-11/h3-6,8H,7H2,1-2H3,(H,19,22). The second kappa shape index (κ2) is 5.51. The fourth-order valence-electron chi connectivity index (χ4n) is 2.03. The summed E-state index contributed by atoms with van der Waals surface area (Å²) < 4.78 is 15.5. The number of hydrogen-bond acceptors (Lipinski definition) is 4. The molecule has 0 aromatic carbocycles. The van der Waals surface area contributed by atoms with Crippen molar-refractivity contribution in [3.05, 3.63) is 59.3 Å². The van der Waals surface area contributed by atoms with Crippen LogP contribution in [-0.4, -0.2) is 25.3 Å². The van der Waals surface area contributed by atoms with Gasteiger partial charge in [0.05, 0.1) is 24.1 Å². The van der Waals surface area contributed by atoms with Crippen molar-refractivity contribution >= 4 is 11.6 Å². The average molecular weight is 299 g/mol. The van der Waals surface area contributed by atoms with Gasteiger partial charge in [-0.2, -0.15) is 4.39 Å². The van der Waals surface area contributed by atoms with Crippen molar-refractivity contribution in [2.24, 2.45) is 0 Å². The minimum absolute atomic E-state index is 0.165. The molecule has 0 atom stereocenters. The molecule has 0 saturated heterocycles. The molecule has 3 heterocycles. The Morgan fingerprint density at radius 2 is 2.09 bits per heavy atom. The number of fused-ring (bicyclic) bond motifs is 1. The van der Waals surface area contributed by atoms with Crippen LogP contribution in [0.3, 0.4) is 0 Å². The van der Waals surface area contributed by atoms with Crippen LogP contribution in [0.1, 0.15) is 27.4 Å². The summed E-state index contributed by atoms with van der Waals surface area (Å²) >= 11 is 0. The van der Waals surface area contributed by atoms with Crippen LogP contribution in [0, 0.1) is 19.8 Å². The van der Waals surface area contributed by atoms with Crippen molar-refractivity contribution in [3.8, 4) is 0 Å². The van der Waals surface area contributed by atoms with E-state index in [0.29, 0.717) is 11.3 Å². The molecule has 0 spiro atoms. The molecule has 3 rings (SSSR count). The van der Waals surface area contributed by atoms with Crippen LogP contribution in [0.5, 0.6) is 0 Å². The van der Waals surface area contributed by atoms with Gasteiger partial charge in [-0.05, 0) is 25.5 Å². The van der Waals surface area contributed by atoms with Gasteiger partial charge in [0.2, 0.25) is 5.95 Å². The lowest BCUT2D eigenvalue weighted by atomic mass is 10.3. The SMILES string of the molecule is Cc1ccc2nc(C(=O)NCc3cnc(C)cn3)c(F)n2c1. The normalized spacial score (nSPS) is 10.9. The monoisotopic (exact) mass is 299 g/mol. The van der Waals surface area contributed by atoms with Crippen LogP contribution in [0.15, 0.2) is 30.7 Å². The van der Waals surface area contributed by atoms with E-state index in [0.717, 1.165) is 11.3 Å². The number of imidazole rings is 1. The van der Waals surface area contributed by atoms with Crippen LogP contribution in [0.25, 0.3) is 5.65 Å². The van der Waals surface area contributed by atoms with Crippen molar-refractivity contribution in [2.45, 2.75) is 20.4 Å². The maximum atomic E-state index is 14.2. The summed E-state index contributed by atoms with van der Waals surface area (Å²) in [6.45, 7) is 3.83. The van der Waals surface area contributed by atoms with Gasteiger partial charge in [-0.3, -0.25) is 19.2 Å². The molecule has 0 aliphatic rings. The second-order valence-electron chi connectivity index (χ2n) is 5.02. The van der Waals surface area contributed by atoms with Gasteiger partial charge in [0.1, 0.15) is 5.65 Å². The van der Waals surface area contributed by atoms with Gasteiger partial charge in [0.25, 0.3) is 5.91 Å². The van der Waals surface area contributed by atoms with E-state index in [-0.39, 0.29) is 12.2 Å². The van der Waals surface area contributed by atoms with Gasteiger partial charge in [0.15, 0.2) is 5.69 Å². The number of hydrogen-bond donors (Lipinski definition) is 1. The molecule has 112 valence electrons. The highest BCUT2D eigenvalue weighted by Gasteiger charge is 2.19. The number of rotatable bonds is 3. The number of nitrogens with zero attached hydrogens (tertiary/aromatic N) is 4. The molecule has 22 heavy (non-hydrogen) atoms. The Bertz CT molecular complexity index is 841. The predicted octanol–water partition coefficient (Wildman–Crippen LogP) is 1.81. The maximum absolute atomic E-state index is 14.2. The minimum Gasteiger partial charge on any atom is -0.345 e. The molecule has 0 saturated carbocycles. The summed E-state index contributed by atoms with van der Waals surface area (Å²) in [4.78, 5) is 24.3. The van der Waals surface area contributed by atoms with E-state index < -0.39 is 11.9 Å². The number of pyridine rings is 1. The highest BCUT2D eigenvalue weighted by Crippen LogP contribution is 2.12. The molecule has 1 N–H and O–H groups in total. The van der Waals surface area contributed by atoms with E-state index in [2.05, 4.69) is 20.3 Å². The largest absolute Gasteiger partial charge is 0.345 e. The molecule has 1 amide bonds. The van der Waals surface area contributed by atoms with E-state index in [9.17, 15) is 9.18 Å². The van der Waals surface area contributed by atoms with Gasteiger partial charge in [-0.15, -0.1) is 0 Å². The van der Waals surface area contributed by atoms with Gasteiger partial charge in [0, 0.05) is 12.4 Å². The zero-order valence-corrected chi connectivity index (χ0v) is 12.2. The number of nitrogens with one attached hydrogen (secondary N) is 1. The van der Waals surface area contributed by atoms with Crippen LogP contribution in [-0.2, 0) is 6.54 Å². The topological polar surface area (TPSA) is 72.2 Å². The number of carbonyl (C=O) groups excluding carboxylic acids is 1. The lowest BCUT2D eigenvalue weighted by Gasteiger charge is -2.02. The molecule has 7 heteroatoms. The smallest absolute Gasteiger partial charge is 0.275 e. The summed E-state index contributed by atoms with van der Waals surface area (Å²) in [5.74, 6) is -1.26.